The van der Waals surface area contributed by atoms with Crippen LogP contribution in [0.25, 0.3) is 0 Å². The second-order valence-electron chi connectivity index (χ2n) is 7.55. The smallest absolute Gasteiger partial charge is 0.413 e. The van der Waals surface area contributed by atoms with Crippen molar-refractivity contribution in [3.8, 4) is 0 Å². The van der Waals surface area contributed by atoms with Crippen LogP contribution >= 0.6 is 0 Å². The lowest BCUT2D eigenvalue weighted by atomic mass is 9.77. The first kappa shape index (κ1) is 18.6. The van der Waals surface area contributed by atoms with E-state index in [0.717, 1.165) is 31.7 Å². The van der Waals surface area contributed by atoms with Crippen molar-refractivity contribution in [2.45, 2.75) is 51.9 Å². The molecule has 0 saturated carbocycles. The summed E-state index contributed by atoms with van der Waals surface area (Å²) in [4.78, 5) is 24.9. The van der Waals surface area contributed by atoms with E-state index >= 15 is 0 Å². The van der Waals surface area contributed by atoms with Crippen LogP contribution in [0.3, 0.4) is 0 Å². The molecule has 3 heterocycles. The van der Waals surface area contributed by atoms with Gasteiger partial charge in [0.1, 0.15) is 0 Å². The van der Waals surface area contributed by atoms with Gasteiger partial charge < -0.3 is 9.47 Å². The molecule has 0 spiro atoms. The molecule has 0 radical (unpaired) electrons. The third kappa shape index (κ3) is 1.94. The molecule has 0 bridgehead atoms. The SMILES string of the molecule is COC(=O)C1=C(C(=O)OC)N2N3C(=C(C)C(C)(C)[C@H]13)C[C@]2(C)C(F)(F)F. The average molecular weight is 374 g/mol. The van der Waals surface area contributed by atoms with E-state index in [1.165, 1.54) is 5.01 Å². The molecule has 0 aromatic rings. The number of esters is 2. The summed E-state index contributed by atoms with van der Waals surface area (Å²) in [6.45, 7) is 6.47. The maximum absolute atomic E-state index is 14.0. The number of rotatable bonds is 2. The summed E-state index contributed by atoms with van der Waals surface area (Å²) in [5, 5.41) is 2.32. The second kappa shape index (κ2) is 5.17. The third-order valence-electron chi connectivity index (χ3n) is 5.93. The quantitative estimate of drug-likeness (QED) is 0.693. The van der Waals surface area contributed by atoms with E-state index in [0.29, 0.717) is 5.70 Å². The van der Waals surface area contributed by atoms with E-state index in [9.17, 15) is 22.8 Å². The van der Waals surface area contributed by atoms with Crippen molar-refractivity contribution in [3.05, 3.63) is 22.5 Å². The fraction of sp³-hybridized carbons (Fsp3) is 0.647. The Morgan fingerprint density at radius 2 is 1.65 bits per heavy atom. The molecule has 0 unspecified atom stereocenters. The zero-order valence-corrected chi connectivity index (χ0v) is 15.4. The minimum atomic E-state index is -4.63. The lowest BCUT2D eigenvalue weighted by Gasteiger charge is -2.40. The minimum Gasteiger partial charge on any atom is -0.466 e. The number of hydrogen-bond donors (Lipinski definition) is 0. The van der Waals surface area contributed by atoms with Gasteiger partial charge in [0.2, 0.25) is 0 Å². The number of carbonyl (C=O) groups is 2. The van der Waals surface area contributed by atoms with Crippen LogP contribution in [-0.4, -0.2) is 53.9 Å². The Morgan fingerprint density at radius 1 is 1.12 bits per heavy atom. The molecule has 1 saturated heterocycles. The molecule has 0 aromatic carbocycles. The first-order valence-corrected chi connectivity index (χ1v) is 8.11. The summed E-state index contributed by atoms with van der Waals surface area (Å²) in [7, 11) is 2.21. The normalized spacial score (nSPS) is 29.5. The van der Waals surface area contributed by atoms with E-state index in [4.69, 9.17) is 9.47 Å². The van der Waals surface area contributed by atoms with Crippen LogP contribution in [0.2, 0.25) is 0 Å². The molecule has 9 heteroatoms. The number of ether oxygens (including phenoxy) is 2. The van der Waals surface area contributed by atoms with Crippen LogP contribution in [0.4, 0.5) is 13.2 Å². The van der Waals surface area contributed by atoms with E-state index in [-0.39, 0.29) is 12.0 Å². The lowest BCUT2D eigenvalue weighted by molar-refractivity contribution is -0.233. The van der Waals surface area contributed by atoms with Gasteiger partial charge in [-0.25, -0.2) is 9.59 Å². The zero-order chi connectivity index (χ0) is 19.8. The van der Waals surface area contributed by atoms with Gasteiger partial charge in [0.25, 0.3) is 0 Å². The Hall–Kier alpha value is -2.19. The van der Waals surface area contributed by atoms with Gasteiger partial charge in [-0.15, -0.1) is 0 Å². The van der Waals surface area contributed by atoms with Gasteiger partial charge in [-0.05, 0) is 19.4 Å². The van der Waals surface area contributed by atoms with Gasteiger partial charge in [-0.1, -0.05) is 13.8 Å². The van der Waals surface area contributed by atoms with Crippen LogP contribution in [0, 0.1) is 5.41 Å². The maximum atomic E-state index is 14.0. The Kier molecular flexibility index (Phi) is 3.70. The average Bonchev–Trinajstić information content (AvgIpc) is 3.12. The van der Waals surface area contributed by atoms with Crippen molar-refractivity contribution in [1.29, 1.82) is 0 Å². The Labute approximate surface area is 149 Å². The first-order valence-electron chi connectivity index (χ1n) is 8.11. The number of alkyl halides is 3. The van der Waals surface area contributed by atoms with Gasteiger partial charge in [0.05, 0.1) is 25.8 Å². The van der Waals surface area contributed by atoms with E-state index in [1.807, 2.05) is 13.8 Å². The molecular weight excluding hydrogens is 353 g/mol. The van der Waals surface area contributed by atoms with Crippen LogP contribution in [0.5, 0.6) is 0 Å². The molecule has 0 N–H and O–H groups in total. The summed E-state index contributed by atoms with van der Waals surface area (Å²) >= 11 is 0. The monoisotopic (exact) mass is 374 g/mol. The number of nitrogens with zero attached hydrogens (tertiary/aromatic N) is 2. The zero-order valence-electron chi connectivity index (χ0n) is 15.4. The van der Waals surface area contributed by atoms with Crippen LogP contribution in [0.1, 0.15) is 34.1 Å². The highest BCUT2D eigenvalue weighted by atomic mass is 19.4. The minimum absolute atomic E-state index is 0.103. The molecule has 1 fully saturated rings. The Balaban J connectivity index is 2.36. The predicted octanol–water partition coefficient (Wildman–Crippen LogP) is 2.53. The highest BCUT2D eigenvalue weighted by Gasteiger charge is 2.71. The second-order valence-corrected chi connectivity index (χ2v) is 7.55. The topological polar surface area (TPSA) is 59.1 Å². The van der Waals surface area contributed by atoms with Gasteiger partial charge in [-0.3, -0.25) is 10.0 Å². The summed E-state index contributed by atoms with van der Waals surface area (Å²) in [5.41, 5.74) is -2.29. The van der Waals surface area contributed by atoms with Crippen molar-refractivity contribution in [1.82, 2.24) is 10.0 Å². The molecule has 0 aromatic heterocycles. The van der Waals surface area contributed by atoms with E-state index in [2.05, 4.69) is 0 Å². The molecule has 2 atom stereocenters. The van der Waals surface area contributed by atoms with E-state index < -0.39 is 40.8 Å². The molecule has 144 valence electrons. The number of halogens is 3. The molecule has 6 nitrogen and oxygen atoms in total. The van der Waals surface area contributed by atoms with Crippen LogP contribution < -0.4 is 0 Å². The summed E-state index contributed by atoms with van der Waals surface area (Å²) < 4.78 is 51.5. The largest absolute Gasteiger partial charge is 0.466 e. The number of methoxy groups -OCH3 is 2. The van der Waals surface area contributed by atoms with Crippen molar-refractivity contribution >= 4 is 11.9 Å². The molecule has 26 heavy (non-hydrogen) atoms. The fourth-order valence-electron chi connectivity index (χ4n) is 4.21. The summed E-state index contributed by atoms with van der Waals surface area (Å²) in [6, 6.07) is -0.761. The molecular formula is C17H21F3N2O4. The number of hydrazine groups is 1. The van der Waals surface area contributed by atoms with E-state index in [1.54, 1.807) is 6.92 Å². The fourth-order valence-corrected chi connectivity index (χ4v) is 4.21. The van der Waals surface area contributed by atoms with Crippen molar-refractivity contribution in [2.75, 3.05) is 14.2 Å². The lowest BCUT2D eigenvalue weighted by Crippen LogP contribution is -2.56. The predicted molar refractivity (Wildman–Crippen MR) is 84.1 cm³/mol. The molecule has 3 rings (SSSR count). The van der Waals surface area contributed by atoms with Gasteiger partial charge in [-0.2, -0.15) is 13.2 Å². The molecule has 3 aliphatic rings. The van der Waals surface area contributed by atoms with Crippen molar-refractivity contribution in [3.63, 3.8) is 0 Å². The number of carbonyl (C=O) groups excluding carboxylic acids is 2. The van der Waals surface area contributed by atoms with Gasteiger partial charge in [0, 0.05) is 17.5 Å². The van der Waals surface area contributed by atoms with Crippen LogP contribution in [0.15, 0.2) is 22.5 Å². The maximum Gasteiger partial charge on any atom is 0.413 e. The van der Waals surface area contributed by atoms with Crippen LogP contribution in [-0.2, 0) is 19.1 Å². The summed E-state index contributed by atoms with van der Waals surface area (Å²) in [6.07, 6.45) is -4.94. The summed E-state index contributed by atoms with van der Waals surface area (Å²) in [5.74, 6) is -1.83. The Bertz CT molecular complexity index is 768. The van der Waals surface area contributed by atoms with Gasteiger partial charge in [0.15, 0.2) is 11.2 Å². The highest BCUT2D eigenvalue weighted by Crippen LogP contribution is 2.62. The standard InChI is InChI=1S/C17H21F3N2O4/c1-8-9-7-16(4,17(18,19)20)22-11(14(24)26-6)10(13(23)25-5)12(21(9)22)15(8,2)3/h12H,7H2,1-6H3/t12-,16+/m0/s1. The Morgan fingerprint density at radius 3 is 2.12 bits per heavy atom. The first-order chi connectivity index (χ1) is 11.8. The molecule has 3 aliphatic heterocycles. The van der Waals surface area contributed by atoms with Crippen molar-refractivity contribution in [2.24, 2.45) is 5.41 Å². The third-order valence-corrected chi connectivity index (χ3v) is 5.93. The van der Waals surface area contributed by atoms with Crippen molar-refractivity contribution < 1.29 is 32.2 Å². The highest BCUT2D eigenvalue weighted by molar-refractivity contribution is 6.02. The number of hydrogen-bond acceptors (Lipinski definition) is 6. The van der Waals surface area contributed by atoms with Gasteiger partial charge >= 0.3 is 18.1 Å². The molecule has 0 amide bonds. The molecule has 0 aliphatic carbocycles.